The van der Waals surface area contributed by atoms with Crippen LogP contribution in [0.2, 0.25) is 0 Å². The van der Waals surface area contributed by atoms with E-state index < -0.39 is 0 Å². The number of carbonyl (C=O) groups is 1. The number of aryl methyl sites for hydroxylation is 2. The number of nitrogens with one attached hydrogen (secondary N) is 1. The average molecular weight is 321 g/mol. The Morgan fingerprint density at radius 1 is 1.26 bits per heavy atom. The number of halogens is 1. The number of aromatic nitrogens is 2. The average Bonchev–Trinajstić information content (AvgIpc) is 2.36. The summed E-state index contributed by atoms with van der Waals surface area (Å²) >= 11 is 3.31. The molecule has 98 valence electrons. The van der Waals surface area contributed by atoms with Crippen LogP contribution in [0, 0.1) is 13.8 Å². The minimum absolute atomic E-state index is 0.249. The first-order chi connectivity index (χ1) is 8.97. The molecule has 0 atom stereocenters. The third-order valence-corrected chi connectivity index (χ3v) is 3.46. The molecule has 0 saturated heterocycles. The van der Waals surface area contributed by atoms with E-state index in [4.69, 9.17) is 5.73 Å². The molecule has 0 aliphatic heterocycles. The number of hydrogen-bond acceptors (Lipinski definition) is 4. The van der Waals surface area contributed by atoms with Crippen molar-refractivity contribution in [1.82, 2.24) is 9.97 Å². The Morgan fingerprint density at radius 2 is 2.00 bits per heavy atom. The fraction of sp³-hybridized carbons (Fsp3) is 0.154. The molecule has 1 amide bonds. The molecule has 0 bridgehead atoms. The molecule has 0 radical (unpaired) electrons. The number of hydrogen-bond donors (Lipinski definition) is 2. The molecule has 5 nitrogen and oxygen atoms in total. The van der Waals surface area contributed by atoms with Gasteiger partial charge in [-0.05, 0) is 47.5 Å². The van der Waals surface area contributed by atoms with Gasteiger partial charge in [0, 0.05) is 0 Å². The third-order valence-electron chi connectivity index (χ3n) is 2.62. The van der Waals surface area contributed by atoms with Crippen molar-refractivity contribution in [3.63, 3.8) is 0 Å². The first-order valence-electron chi connectivity index (χ1n) is 5.63. The van der Waals surface area contributed by atoms with Crippen LogP contribution < -0.4 is 11.1 Å². The van der Waals surface area contributed by atoms with Gasteiger partial charge in [0.25, 0.3) is 5.91 Å². The summed E-state index contributed by atoms with van der Waals surface area (Å²) < 4.78 is 0.757. The number of nitrogens with two attached hydrogens (primary N) is 1. The zero-order valence-electron chi connectivity index (χ0n) is 10.6. The van der Waals surface area contributed by atoms with Crippen molar-refractivity contribution in [1.29, 1.82) is 0 Å². The van der Waals surface area contributed by atoms with Crippen molar-refractivity contribution in [3.05, 3.63) is 46.0 Å². The molecular formula is C13H13BrN4O. The highest BCUT2D eigenvalue weighted by molar-refractivity contribution is 9.10. The van der Waals surface area contributed by atoms with Crippen molar-refractivity contribution >= 4 is 33.2 Å². The van der Waals surface area contributed by atoms with Crippen LogP contribution in [0.5, 0.6) is 0 Å². The second-order valence-corrected chi connectivity index (χ2v) is 4.94. The van der Waals surface area contributed by atoms with Crippen LogP contribution in [0.25, 0.3) is 0 Å². The van der Waals surface area contributed by atoms with Gasteiger partial charge in [0.1, 0.15) is 4.60 Å². The molecule has 0 aromatic carbocycles. The van der Waals surface area contributed by atoms with Crippen LogP contribution in [0.1, 0.15) is 21.6 Å². The summed E-state index contributed by atoms with van der Waals surface area (Å²) in [4.78, 5) is 20.3. The van der Waals surface area contributed by atoms with E-state index in [1.54, 1.807) is 19.2 Å². The Labute approximate surface area is 119 Å². The lowest BCUT2D eigenvalue weighted by Crippen LogP contribution is -2.15. The fourth-order valence-corrected chi connectivity index (χ4v) is 1.82. The monoisotopic (exact) mass is 320 g/mol. The van der Waals surface area contributed by atoms with Gasteiger partial charge in [0.2, 0.25) is 0 Å². The molecule has 2 aromatic heterocycles. The van der Waals surface area contributed by atoms with E-state index in [0.717, 1.165) is 10.2 Å². The first kappa shape index (κ1) is 13.5. The summed E-state index contributed by atoms with van der Waals surface area (Å²) in [6.07, 6.45) is 3.11. The molecule has 0 aliphatic rings. The van der Waals surface area contributed by atoms with Crippen molar-refractivity contribution < 1.29 is 4.79 Å². The fourth-order valence-electron chi connectivity index (χ4n) is 1.60. The second-order valence-electron chi connectivity index (χ2n) is 4.19. The van der Waals surface area contributed by atoms with E-state index in [1.807, 2.05) is 13.0 Å². The number of nitrogens with zero attached hydrogens (tertiary/aromatic N) is 2. The maximum atomic E-state index is 12.1. The molecule has 2 aromatic rings. The molecule has 0 spiro atoms. The predicted molar refractivity (Wildman–Crippen MR) is 78.0 cm³/mol. The van der Waals surface area contributed by atoms with Crippen LogP contribution in [0.4, 0.5) is 11.4 Å². The SMILES string of the molecule is Cc1cc(NC(=O)c2cc(N)cnc2C)cnc1Br. The Bertz CT molecular complexity index is 643. The topological polar surface area (TPSA) is 80.9 Å². The molecule has 2 heterocycles. The first-order valence-corrected chi connectivity index (χ1v) is 6.42. The van der Waals surface area contributed by atoms with Gasteiger partial charge >= 0.3 is 0 Å². The maximum Gasteiger partial charge on any atom is 0.257 e. The van der Waals surface area contributed by atoms with Gasteiger partial charge in [0.05, 0.1) is 35.0 Å². The van der Waals surface area contributed by atoms with Crippen molar-refractivity contribution in [2.75, 3.05) is 11.1 Å². The van der Waals surface area contributed by atoms with Crippen LogP contribution in [-0.4, -0.2) is 15.9 Å². The van der Waals surface area contributed by atoms with Gasteiger partial charge in [0.15, 0.2) is 0 Å². The van der Waals surface area contributed by atoms with Crippen LogP contribution in [-0.2, 0) is 0 Å². The van der Waals surface area contributed by atoms with E-state index in [-0.39, 0.29) is 5.91 Å². The molecule has 3 N–H and O–H groups in total. The lowest BCUT2D eigenvalue weighted by Gasteiger charge is -2.08. The van der Waals surface area contributed by atoms with Gasteiger partial charge in [-0.3, -0.25) is 9.78 Å². The number of nitrogen functional groups attached to an aromatic ring is 1. The van der Waals surface area contributed by atoms with Gasteiger partial charge in [-0.25, -0.2) is 4.98 Å². The normalized spacial score (nSPS) is 10.3. The van der Waals surface area contributed by atoms with Gasteiger partial charge in [-0.1, -0.05) is 0 Å². The third kappa shape index (κ3) is 3.08. The minimum Gasteiger partial charge on any atom is -0.397 e. The highest BCUT2D eigenvalue weighted by atomic mass is 79.9. The quantitative estimate of drug-likeness (QED) is 0.833. The van der Waals surface area contributed by atoms with Crippen molar-refractivity contribution in [3.8, 4) is 0 Å². The molecule has 0 aliphatic carbocycles. The van der Waals surface area contributed by atoms with Crippen LogP contribution in [0.3, 0.4) is 0 Å². The lowest BCUT2D eigenvalue weighted by molar-refractivity contribution is 0.102. The number of anilines is 2. The highest BCUT2D eigenvalue weighted by Gasteiger charge is 2.11. The molecule has 2 rings (SSSR count). The van der Waals surface area contributed by atoms with Crippen LogP contribution >= 0.6 is 15.9 Å². The number of amides is 1. The minimum atomic E-state index is -0.249. The summed E-state index contributed by atoms with van der Waals surface area (Å²) in [5.74, 6) is -0.249. The summed E-state index contributed by atoms with van der Waals surface area (Å²) in [6.45, 7) is 3.67. The molecule has 0 unspecified atom stereocenters. The largest absolute Gasteiger partial charge is 0.397 e. The Kier molecular flexibility index (Phi) is 3.80. The Hall–Kier alpha value is -1.95. The van der Waals surface area contributed by atoms with E-state index in [1.165, 1.54) is 6.20 Å². The Morgan fingerprint density at radius 3 is 2.68 bits per heavy atom. The van der Waals surface area contributed by atoms with Gasteiger partial charge < -0.3 is 11.1 Å². The summed E-state index contributed by atoms with van der Waals surface area (Å²) in [5.41, 5.74) is 8.77. The van der Waals surface area contributed by atoms with E-state index in [9.17, 15) is 4.79 Å². The molecule has 0 fully saturated rings. The predicted octanol–water partition coefficient (Wildman–Crippen LogP) is 2.69. The zero-order chi connectivity index (χ0) is 14.0. The van der Waals surface area contributed by atoms with Crippen molar-refractivity contribution in [2.24, 2.45) is 0 Å². The van der Waals surface area contributed by atoms with Gasteiger partial charge in [-0.2, -0.15) is 0 Å². The molecule has 19 heavy (non-hydrogen) atoms. The van der Waals surface area contributed by atoms with Crippen LogP contribution in [0.15, 0.2) is 29.1 Å². The highest BCUT2D eigenvalue weighted by Crippen LogP contribution is 2.18. The number of carbonyl (C=O) groups excluding carboxylic acids is 1. The number of pyridine rings is 2. The summed E-state index contributed by atoms with van der Waals surface area (Å²) in [6, 6.07) is 3.45. The van der Waals surface area contributed by atoms with E-state index in [2.05, 4.69) is 31.2 Å². The van der Waals surface area contributed by atoms with Gasteiger partial charge in [-0.15, -0.1) is 0 Å². The smallest absolute Gasteiger partial charge is 0.257 e. The Balaban J connectivity index is 2.25. The standard InChI is InChI=1S/C13H13BrN4O/c1-7-3-10(6-17-12(7)14)18-13(19)11-4-9(15)5-16-8(11)2/h3-6H,15H2,1-2H3,(H,18,19). The zero-order valence-corrected chi connectivity index (χ0v) is 12.2. The second kappa shape index (κ2) is 5.36. The summed E-state index contributed by atoms with van der Waals surface area (Å²) in [7, 11) is 0. The number of rotatable bonds is 2. The lowest BCUT2D eigenvalue weighted by atomic mass is 10.1. The van der Waals surface area contributed by atoms with E-state index >= 15 is 0 Å². The molecule has 0 saturated carbocycles. The molecular weight excluding hydrogens is 308 g/mol. The van der Waals surface area contributed by atoms with Crippen molar-refractivity contribution in [2.45, 2.75) is 13.8 Å². The van der Waals surface area contributed by atoms with E-state index in [0.29, 0.717) is 22.6 Å². The molecule has 6 heteroatoms. The maximum absolute atomic E-state index is 12.1. The summed E-state index contributed by atoms with van der Waals surface area (Å²) in [5, 5.41) is 2.78.